The van der Waals surface area contributed by atoms with E-state index < -0.39 is 28.6 Å². The van der Waals surface area contributed by atoms with Crippen LogP contribution in [0.2, 0.25) is 0 Å². The zero-order chi connectivity index (χ0) is 27.2. The number of halogens is 1. The highest BCUT2D eigenvalue weighted by atomic mass is 32.2. The van der Waals surface area contributed by atoms with Gasteiger partial charge >= 0.3 is 16.3 Å². The first kappa shape index (κ1) is 27.7. The van der Waals surface area contributed by atoms with E-state index in [1.54, 1.807) is 37.3 Å². The van der Waals surface area contributed by atoms with Crippen LogP contribution >= 0.6 is 0 Å². The average molecular weight is 532 g/mol. The molecule has 4 N–H and O–H groups in total. The number of anilines is 1. The third-order valence-corrected chi connectivity index (χ3v) is 6.98. The van der Waals surface area contributed by atoms with Crippen molar-refractivity contribution >= 4 is 39.7 Å². The SMILES string of the molecule is CC(=N)N1CCC(Oc2ccc(N(C/C(F)=C/c3cccc(C(=N)N)c3)S(=O)(=O)OC(C)=O)cc2)CC1. The summed E-state index contributed by atoms with van der Waals surface area (Å²) < 4.78 is 51.6. The van der Waals surface area contributed by atoms with Crippen LogP contribution in [0.15, 0.2) is 54.4 Å². The molecule has 2 aromatic rings. The van der Waals surface area contributed by atoms with E-state index >= 15 is 0 Å². The standard InChI is InChI=1S/C25H30FN5O5S/c1-17(27)30-12-10-24(11-13-30)35-23-8-6-22(7-9-23)31(37(33,34)36-18(2)32)16-21(26)15-19-4-3-5-20(14-19)25(28)29/h3-9,14-15,24,27H,10-13,16H2,1-2H3,(H3,28,29)/b21-15-,27-17?. The van der Waals surface area contributed by atoms with E-state index in [9.17, 15) is 17.6 Å². The van der Waals surface area contributed by atoms with Gasteiger partial charge in [0, 0.05) is 38.4 Å². The maximum Gasteiger partial charge on any atom is 0.412 e. The lowest BCUT2D eigenvalue weighted by Crippen LogP contribution is -2.40. The van der Waals surface area contributed by atoms with Crippen molar-refractivity contribution in [2.24, 2.45) is 5.73 Å². The number of nitrogen functional groups attached to an aromatic ring is 1. The van der Waals surface area contributed by atoms with E-state index in [0.717, 1.165) is 25.8 Å². The van der Waals surface area contributed by atoms with Crippen molar-refractivity contribution < 1.29 is 26.5 Å². The highest BCUT2D eigenvalue weighted by Crippen LogP contribution is 2.26. The molecule has 37 heavy (non-hydrogen) atoms. The molecule has 2 aromatic carbocycles. The van der Waals surface area contributed by atoms with Crippen LogP contribution in [0.5, 0.6) is 5.75 Å². The van der Waals surface area contributed by atoms with Gasteiger partial charge in [-0.25, -0.2) is 8.70 Å². The molecule has 1 saturated heterocycles. The fraction of sp³-hybridized carbons (Fsp3) is 0.320. The molecule has 0 atom stereocenters. The molecule has 0 saturated carbocycles. The van der Waals surface area contributed by atoms with E-state index in [2.05, 4.69) is 4.18 Å². The predicted octanol–water partition coefficient (Wildman–Crippen LogP) is 3.44. The second kappa shape index (κ2) is 11.9. The van der Waals surface area contributed by atoms with Gasteiger partial charge in [0.15, 0.2) is 0 Å². The molecule has 0 unspecified atom stereocenters. The molecule has 198 valence electrons. The number of benzene rings is 2. The summed E-state index contributed by atoms with van der Waals surface area (Å²) in [5.41, 5.74) is 6.31. The Morgan fingerprint density at radius 3 is 2.38 bits per heavy atom. The number of hydrogen-bond acceptors (Lipinski definition) is 7. The van der Waals surface area contributed by atoms with Gasteiger partial charge in [0.25, 0.3) is 0 Å². The zero-order valence-electron chi connectivity index (χ0n) is 20.6. The van der Waals surface area contributed by atoms with Crippen LogP contribution in [0.3, 0.4) is 0 Å². The smallest absolute Gasteiger partial charge is 0.412 e. The van der Waals surface area contributed by atoms with E-state index in [1.807, 2.05) is 4.90 Å². The number of nitrogens with one attached hydrogen (secondary N) is 2. The first-order chi connectivity index (χ1) is 17.4. The van der Waals surface area contributed by atoms with Crippen molar-refractivity contribution in [2.45, 2.75) is 32.8 Å². The molecule has 0 amide bonds. The Balaban J connectivity index is 1.79. The van der Waals surface area contributed by atoms with Gasteiger partial charge in [0.1, 0.15) is 23.5 Å². The normalized spacial score (nSPS) is 14.7. The number of likely N-dealkylation sites (tertiary alicyclic amines) is 1. The van der Waals surface area contributed by atoms with Gasteiger partial charge in [0.05, 0.1) is 18.1 Å². The number of piperidine rings is 1. The van der Waals surface area contributed by atoms with E-state index in [4.69, 9.17) is 21.3 Å². The van der Waals surface area contributed by atoms with E-state index in [0.29, 0.717) is 40.1 Å². The summed E-state index contributed by atoms with van der Waals surface area (Å²) in [6.45, 7) is 3.39. The molecule has 1 fully saturated rings. The predicted molar refractivity (Wildman–Crippen MR) is 140 cm³/mol. The van der Waals surface area contributed by atoms with Crippen LogP contribution in [0.25, 0.3) is 6.08 Å². The first-order valence-electron chi connectivity index (χ1n) is 11.5. The van der Waals surface area contributed by atoms with Gasteiger partial charge in [-0.15, -0.1) is 0 Å². The van der Waals surface area contributed by atoms with Crippen LogP contribution in [0.4, 0.5) is 10.1 Å². The fourth-order valence-corrected chi connectivity index (χ4v) is 4.89. The highest BCUT2D eigenvalue weighted by Gasteiger charge is 2.28. The summed E-state index contributed by atoms with van der Waals surface area (Å²) in [5, 5.41) is 15.2. The molecule has 3 rings (SSSR count). The number of ether oxygens (including phenoxy) is 1. The monoisotopic (exact) mass is 531 g/mol. The zero-order valence-corrected chi connectivity index (χ0v) is 21.4. The van der Waals surface area contributed by atoms with Crippen molar-refractivity contribution in [3.63, 3.8) is 0 Å². The van der Waals surface area contributed by atoms with Crippen LogP contribution in [-0.2, 0) is 19.3 Å². The molecule has 12 heteroatoms. The van der Waals surface area contributed by atoms with Gasteiger partial charge < -0.3 is 19.6 Å². The van der Waals surface area contributed by atoms with Gasteiger partial charge in [-0.05, 0) is 48.9 Å². The number of nitrogens with two attached hydrogens (primary N) is 1. The van der Waals surface area contributed by atoms with Crippen molar-refractivity contribution in [2.75, 3.05) is 23.9 Å². The Hall–Kier alpha value is -3.93. The van der Waals surface area contributed by atoms with Crippen molar-refractivity contribution in [3.8, 4) is 5.75 Å². The van der Waals surface area contributed by atoms with E-state index in [-0.39, 0.29) is 17.6 Å². The number of amidine groups is 2. The number of nitrogens with zero attached hydrogens (tertiary/aromatic N) is 2. The van der Waals surface area contributed by atoms with Gasteiger partial charge in [-0.3, -0.25) is 15.6 Å². The minimum absolute atomic E-state index is 0.0477. The summed E-state index contributed by atoms with van der Waals surface area (Å²) in [7, 11) is -4.66. The average Bonchev–Trinajstić information content (AvgIpc) is 2.83. The summed E-state index contributed by atoms with van der Waals surface area (Å²) in [4.78, 5) is 13.4. The minimum atomic E-state index is -4.66. The topological polar surface area (TPSA) is 150 Å². The highest BCUT2D eigenvalue weighted by molar-refractivity contribution is 7.88. The van der Waals surface area contributed by atoms with Crippen LogP contribution in [-0.4, -0.2) is 56.7 Å². The van der Waals surface area contributed by atoms with E-state index in [1.165, 1.54) is 18.2 Å². The molecule has 0 aliphatic carbocycles. The lowest BCUT2D eigenvalue weighted by atomic mass is 10.1. The largest absolute Gasteiger partial charge is 0.490 e. The Morgan fingerprint density at radius 1 is 1.16 bits per heavy atom. The number of hydrogen-bond donors (Lipinski definition) is 3. The number of carbonyl (C=O) groups is 1. The second-order valence-electron chi connectivity index (χ2n) is 8.55. The molecule has 10 nitrogen and oxygen atoms in total. The lowest BCUT2D eigenvalue weighted by molar-refractivity contribution is -0.131. The molecule has 1 aliphatic heterocycles. The summed E-state index contributed by atoms with van der Waals surface area (Å²) >= 11 is 0. The van der Waals surface area contributed by atoms with Crippen LogP contribution < -0.4 is 14.8 Å². The summed E-state index contributed by atoms with van der Waals surface area (Å²) in [6.07, 6.45) is 2.55. The Bertz CT molecular complexity index is 1290. The Kier molecular flexibility index (Phi) is 8.87. The van der Waals surface area contributed by atoms with Gasteiger partial charge in [0.2, 0.25) is 0 Å². The molecular weight excluding hydrogens is 501 g/mol. The molecule has 0 aromatic heterocycles. The number of carbonyl (C=O) groups excluding carboxylic acids is 1. The van der Waals surface area contributed by atoms with Gasteiger partial charge in [-0.1, -0.05) is 18.2 Å². The Morgan fingerprint density at radius 2 is 1.81 bits per heavy atom. The van der Waals surface area contributed by atoms with Crippen molar-refractivity contribution in [3.05, 3.63) is 65.5 Å². The molecular formula is C25H30FN5O5S. The third kappa shape index (κ3) is 7.78. The molecule has 0 spiro atoms. The third-order valence-electron chi connectivity index (χ3n) is 5.65. The second-order valence-corrected chi connectivity index (χ2v) is 10.0. The first-order valence-corrected chi connectivity index (χ1v) is 12.9. The molecule has 1 heterocycles. The van der Waals surface area contributed by atoms with Crippen LogP contribution in [0, 0.1) is 10.8 Å². The van der Waals surface area contributed by atoms with Gasteiger partial charge in [-0.2, -0.15) is 8.42 Å². The van der Waals surface area contributed by atoms with Crippen molar-refractivity contribution in [1.29, 1.82) is 10.8 Å². The minimum Gasteiger partial charge on any atom is -0.490 e. The molecule has 0 radical (unpaired) electrons. The fourth-order valence-electron chi connectivity index (χ4n) is 3.84. The number of rotatable bonds is 9. The van der Waals surface area contributed by atoms with Crippen LogP contribution in [0.1, 0.15) is 37.8 Å². The maximum atomic E-state index is 15.0. The summed E-state index contributed by atoms with van der Waals surface area (Å²) in [6, 6.07) is 12.3. The quantitative estimate of drug-likeness (QED) is 0.331. The summed E-state index contributed by atoms with van der Waals surface area (Å²) in [5.74, 6) is -1.05. The Labute approximate surface area is 215 Å². The lowest BCUT2D eigenvalue weighted by Gasteiger charge is -2.32. The molecule has 0 bridgehead atoms. The van der Waals surface area contributed by atoms with Crippen molar-refractivity contribution in [1.82, 2.24) is 4.90 Å². The molecule has 1 aliphatic rings. The maximum absolute atomic E-state index is 15.0.